The van der Waals surface area contributed by atoms with E-state index in [1.165, 1.54) is 17.7 Å². The minimum atomic E-state index is -0.248. The molecular weight excluding hydrogens is 317 g/mol. The number of fused-ring (bicyclic) bond motifs is 1. The number of carbonyl (C=O) groups excluding carboxylic acids is 1. The summed E-state index contributed by atoms with van der Waals surface area (Å²) in [6, 6.07) is 12.6. The van der Waals surface area contributed by atoms with Gasteiger partial charge in [0.2, 0.25) is 5.91 Å². The van der Waals surface area contributed by atoms with Crippen LogP contribution in [0.25, 0.3) is 10.9 Å². The van der Waals surface area contributed by atoms with Gasteiger partial charge < -0.3 is 5.32 Å². The summed E-state index contributed by atoms with van der Waals surface area (Å²) >= 11 is 0. The first kappa shape index (κ1) is 17.1. The topological polar surface area (TPSA) is 46.9 Å². The Bertz CT molecular complexity index is 870. The fraction of sp³-hybridized carbons (Fsp3) is 0.300. The molecule has 25 heavy (non-hydrogen) atoms. The lowest BCUT2D eigenvalue weighted by molar-refractivity contribution is -0.121. The minimum Gasteiger partial charge on any atom is -0.355 e. The molecule has 130 valence electrons. The Morgan fingerprint density at radius 2 is 2.00 bits per heavy atom. The van der Waals surface area contributed by atoms with Crippen molar-refractivity contribution in [2.45, 2.75) is 32.7 Å². The molecule has 0 spiro atoms. The third-order valence-corrected chi connectivity index (χ3v) is 4.39. The highest BCUT2D eigenvalue weighted by molar-refractivity contribution is 5.80. The highest BCUT2D eigenvalue weighted by Gasteiger charge is 2.09. The number of benzene rings is 2. The van der Waals surface area contributed by atoms with E-state index in [4.69, 9.17) is 0 Å². The monoisotopic (exact) mass is 339 g/mol. The molecule has 1 atom stereocenters. The van der Waals surface area contributed by atoms with Gasteiger partial charge in [-0.2, -0.15) is 5.10 Å². The summed E-state index contributed by atoms with van der Waals surface area (Å²) in [5, 5.41) is 8.39. The molecule has 1 aromatic heterocycles. The Kier molecular flexibility index (Phi) is 5.12. The second-order valence-electron chi connectivity index (χ2n) is 6.44. The number of aromatic nitrogens is 2. The van der Waals surface area contributed by atoms with Gasteiger partial charge in [-0.05, 0) is 42.7 Å². The lowest BCUT2D eigenvalue weighted by atomic mass is 10.0. The van der Waals surface area contributed by atoms with E-state index < -0.39 is 0 Å². The zero-order chi connectivity index (χ0) is 17.8. The Labute approximate surface area is 146 Å². The molecule has 0 aliphatic carbocycles. The van der Waals surface area contributed by atoms with Gasteiger partial charge in [-0.25, -0.2) is 4.39 Å². The summed E-state index contributed by atoms with van der Waals surface area (Å²) in [7, 11) is 0. The Balaban J connectivity index is 1.51. The van der Waals surface area contributed by atoms with Crippen molar-refractivity contribution in [3.63, 3.8) is 0 Å². The smallest absolute Gasteiger partial charge is 0.221 e. The van der Waals surface area contributed by atoms with Crippen LogP contribution in [0.3, 0.4) is 0 Å². The highest BCUT2D eigenvalue weighted by Crippen LogP contribution is 2.16. The molecule has 0 saturated carbocycles. The number of carbonyl (C=O) groups is 1. The van der Waals surface area contributed by atoms with E-state index in [2.05, 4.69) is 16.5 Å². The van der Waals surface area contributed by atoms with Crippen molar-refractivity contribution in [3.05, 3.63) is 65.6 Å². The van der Waals surface area contributed by atoms with Crippen LogP contribution < -0.4 is 5.32 Å². The standard InChI is InChI=1S/C20H22FN3O/c1-14-3-8-19-17(11-14)13-23-24(19)10-9-20(25)22-12-15(2)16-4-6-18(21)7-5-16/h3-8,11,13,15H,9-10,12H2,1-2H3,(H,22,25). The lowest BCUT2D eigenvalue weighted by Crippen LogP contribution is -2.28. The van der Waals surface area contributed by atoms with Crippen molar-refractivity contribution >= 4 is 16.8 Å². The van der Waals surface area contributed by atoms with Crippen LogP contribution in [0.15, 0.2) is 48.7 Å². The number of hydrogen-bond donors (Lipinski definition) is 1. The summed E-state index contributed by atoms with van der Waals surface area (Å²) in [6.45, 7) is 5.14. The van der Waals surface area contributed by atoms with Crippen LogP contribution in [0.1, 0.15) is 30.4 Å². The van der Waals surface area contributed by atoms with E-state index in [0.29, 0.717) is 19.5 Å². The quantitative estimate of drug-likeness (QED) is 0.743. The van der Waals surface area contributed by atoms with Gasteiger partial charge in [0.05, 0.1) is 18.3 Å². The van der Waals surface area contributed by atoms with Gasteiger partial charge in [0.1, 0.15) is 5.82 Å². The molecule has 0 bridgehead atoms. The maximum Gasteiger partial charge on any atom is 0.221 e. The molecule has 0 radical (unpaired) electrons. The van der Waals surface area contributed by atoms with Crippen LogP contribution in [0.4, 0.5) is 4.39 Å². The number of rotatable bonds is 6. The third-order valence-electron chi connectivity index (χ3n) is 4.39. The van der Waals surface area contributed by atoms with Crippen molar-refractivity contribution in [3.8, 4) is 0 Å². The second kappa shape index (κ2) is 7.47. The molecule has 5 heteroatoms. The van der Waals surface area contributed by atoms with Crippen molar-refractivity contribution in [1.82, 2.24) is 15.1 Å². The van der Waals surface area contributed by atoms with Gasteiger partial charge in [0.15, 0.2) is 0 Å². The summed E-state index contributed by atoms with van der Waals surface area (Å²) in [4.78, 5) is 12.1. The van der Waals surface area contributed by atoms with Crippen molar-refractivity contribution in [1.29, 1.82) is 0 Å². The van der Waals surface area contributed by atoms with Gasteiger partial charge in [-0.1, -0.05) is 30.7 Å². The van der Waals surface area contributed by atoms with Crippen LogP contribution in [0.2, 0.25) is 0 Å². The summed E-state index contributed by atoms with van der Waals surface area (Å²) < 4.78 is 14.8. The maximum atomic E-state index is 13.0. The van der Waals surface area contributed by atoms with E-state index in [0.717, 1.165) is 16.5 Å². The van der Waals surface area contributed by atoms with E-state index in [1.807, 2.05) is 36.9 Å². The van der Waals surface area contributed by atoms with Crippen LogP contribution in [0, 0.1) is 12.7 Å². The number of nitrogens with one attached hydrogen (secondary N) is 1. The molecule has 2 aromatic carbocycles. The highest BCUT2D eigenvalue weighted by atomic mass is 19.1. The molecule has 0 aliphatic rings. The van der Waals surface area contributed by atoms with Gasteiger partial charge in [0, 0.05) is 18.4 Å². The molecule has 3 rings (SSSR count). The van der Waals surface area contributed by atoms with E-state index in [9.17, 15) is 9.18 Å². The molecule has 1 unspecified atom stereocenters. The van der Waals surface area contributed by atoms with Crippen molar-refractivity contribution in [2.75, 3.05) is 6.54 Å². The summed E-state index contributed by atoms with van der Waals surface area (Å²) in [5.41, 5.74) is 3.24. The van der Waals surface area contributed by atoms with Crippen molar-refractivity contribution in [2.24, 2.45) is 0 Å². The molecule has 1 N–H and O–H groups in total. The average molecular weight is 339 g/mol. The van der Waals surface area contributed by atoms with Crippen LogP contribution in [-0.2, 0) is 11.3 Å². The first-order chi connectivity index (χ1) is 12.0. The largest absolute Gasteiger partial charge is 0.355 e. The number of aryl methyl sites for hydroxylation is 2. The summed E-state index contributed by atoms with van der Waals surface area (Å²) in [6.07, 6.45) is 2.21. The number of hydrogen-bond acceptors (Lipinski definition) is 2. The Hall–Kier alpha value is -2.69. The zero-order valence-corrected chi connectivity index (χ0v) is 14.5. The molecule has 0 saturated heterocycles. The molecule has 1 heterocycles. The number of halogens is 1. The second-order valence-corrected chi connectivity index (χ2v) is 6.44. The van der Waals surface area contributed by atoms with Gasteiger partial charge in [-0.3, -0.25) is 9.48 Å². The first-order valence-corrected chi connectivity index (χ1v) is 8.47. The van der Waals surface area contributed by atoms with Crippen LogP contribution in [-0.4, -0.2) is 22.2 Å². The van der Waals surface area contributed by atoms with E-state index in [1.54, 1.807) is 12.1 Å². The Morgan fingerprint density at radius 3 is 2.76 bits per heavy atom. The summed E-state index contributed by atoms with van der Waals surface area (Å²) in [5.74, 6) is -0.121. The van der Waals surface area contributed by atoms with Gasteiger partial charge in [0.25, 0.3) is 0 Å². The van der Waals surface area contributed by atoms with Crippen LogP contribution in [0.5, 0.6) is 0 Å². The SMILES string of the molecule is Cc1ccc2c(cnn2CCC(=O)NCC(C)c2ccc(F)cc2)c1. The fourth-order valence-electron chi connectivity index (χ4n) is 2.86. The maximum absolute atomic E-state index is 13.0. The van der Waals surface area contributed by atoms with E-state index in [-0.39, 0.29) is 17.6 Å². The third kappa shape index (κ3) is 4.24. The van der Waals surface area contributed by atoms with E-state index >= 15 is 0 Å². The molecule has 3 aromatic rings. The predicted octanol–water partition coefficient (Wildman–Crippen LogP) is 3.79. The average Bonchev–Trinajstić information content (AvgIpc) is 3.00. The first-order valence-electron chi connectivity index (χ1n) is 8.47. The molecule has 0 aliphatic heterocycles. The van der Waals surface area contributed by atoms with Crippen LogP contribution >= 0.6 is 0 Å². The normalized spacial score (nSPS) is 12.3. The zero-order valence-electron chi connectivity index (χ0n) is 14.5. The minimum absolute atomic E-state index is 0.00952. The Morgan fingerprint density at radius 1 is 1.24 bits per heavy atom. The number of amides is 1. The predicted molar refractivity (Wildman–Crippen MR) is 96.9 cm³/mol. The lowest BCUT2D eigenvalue weighted by Gasteiger charge is -2.13. The van der Waals surface area contributed by atoms with Crippen molar-refractivity contribution < 1.29 is 9.18 Å². The van der Waals surface area contributed by atoms with Gasteiger partial charge >= 0.3 is 0 Å². The number of nitrogens with zero attached hydrogens (tertiary/aromatic N) is 2. The molecule has 1 amide bonds. The fourth-order valence-corrected chi connectivity index (χ4v) is 2.86. The van der Waals surface area contributed by atoms with Gasteiger partial charge in [-0.15, -0.1) is 0 Å². The molecular formula is C20H22FN3O. The molecule has 4 nitrogen and oxygen atoms in total. The molecule has 0 fully saturated rings.